The SMILES string of the molecule is CCN1CCN(CC(O)NC(C(=O)N[C@H]2Cc3cccc(C(=O)O)c3OB2O)c2csc(N)n2)C(=O)C1=O. The Kier molecular flexibility index (Phi) is 8.15. The van der Waals surface area contributed by atoms with Gasteiger partial charge in [0, 0.05) is 25.0 Å². The van der Waals surface area contributed by atoms with Crippen molar-refractivity contribution >= 4 is 47.3 Å². The predicted octanol–water partition coefficient (Wildman–Crippen LogP) is -1.80. The van der Waals surface area contributed by atoms with Crippen LogP contribution in [-0.4, -0.2) is 99.2 Å². The first-order valence-corrected chi connectivity index (χ1v) is 12.7. The van der Waals surface area contributed by atoms with Crippen molar-refractivity contribution in [2.75, 3.05) is 31.9 Å². The van der Waals surface area contributed by atoms with Gasteiger partial charge >= 0.3 is 24.9 Å². The lowest BCUT2D eigenvalue weighted by molar-refractivity contribution is -0.157. The van der Waals surface area contributed by atoms with Crippen LogP contribution < -0.4 is 21.0 Å². The van der Waals surface area contributed by atoms with Crippen LogP contribution in [-0.2, 0) is 20.8 Å². The number of carbonyl (C=O) groups excluding carboxylic acids is 3. The molecule has 0 spiro atoms. The maximum atomic E-state index is 13.3. The number of nitrogen functional groups attached to an aromatic ring is 1. The van der Waals surface area contributed by atoms with E-state index in [-0.39, 0.29) is 41.6 Å². The number of β-amino-alcohol motifs (C(OH)–C–C–N with tert-alkyl or cyclic N) is 1. The zero-order valence-electron chi connectivity index (χ0n) is 20.4. The van der Waals surface area contributed by atoms with Gasteiger partial charge in [0.05, 0.1) is 23.7 Å². The van der Waals surface area contributed by atoms with Gasteiger partial charge in [-0.25, -0.2) is 9.78 Å². The maximum absolute atomic E-state index is 13.3. The van der Waals surface area contributed by atoms with Gasteiger partial charge in [-0.1, -0.05) is 12.1 Å². The normalized spacial score (nSPS) is 19.0. The molecule has 0 aliphatic carbocycles. The largest absolute Gasteiger partial charge is 0.547 e. The Balaban J connectivity index is 1.47. The van der Waals surface area contributed by atoms with E-state index in [0.29, 0.717) is 18.7 Å². The van der Waals surface area contributed by atoms with Gasteiger partial charge in [0.1, 0.15) is 18.0 Å². The molecule has 7 N–H and O–H groups in total. The van der Waals surface area contributed by atoms with Crippen LogP contribution in [0, 0.1) is 0 Å². The Bertz CT molecular complexity index is 1240. The average molecular weight is 546 g/mol. The highest BCUT2D eigenvalue weighted by molar-refractivity contribution is 7.13. The number of likely N-dealkylation sites (N-methyl/N-ethyl adjacent to an activating group) is 1. The van der Waals surface area contributed by atoms with Crippen molar-refractivity contribution in [1.29, 1.82) is 0 Å². The molecule has 2 aliphatic rings. The molecule has 14 nitrogen and oxygen atoms in total. The molecule has 202 valence electrons. The first kappa shape index (κ1) is 27.3. The van der Waals surface area contributed by atoms with E-state index >= 15 is 0 Å². The minimum absolute atomic E-state index is 0.0257. The summed E-state index contributed by atoms with van der Waals surface area (Å²) in [5.41, 5.74) is 6.31. The molecule has 2 unspecified atom stereocenters. The van der Waals surface area contributed by atoms with Gasteiger partial charge in [-0.3, -0.25) is 19.7 Å². The number of thiazole rings is 1. The van der Waals surface area contributed by atoms with Crippen LogP contribution in [0.25, 0.3) is 0 Å². The third-order valence-corrected chi connectivity index (χ3v) is 7.00. The number of benzene rings is 1. The zero-order valence-corrected chi connectivity index (χ0v) is 21.2. The number of carboxylic acids is 1. The molecule has 38 heavy (non-hydrogen) atoms. The monoisotopic (exact) mass is 546 g/mol. The number of nitrogens with two attached hydrogens (primary N) is 1. The Morgan fingerprint density at radius 1 is 1.29 bits per heavy atom. The Hall–Kier alpha value is -3.73. The Morgan fingerprint density at radius 2 is 2.00 bits per heavy atom. The molecular weight excluding hydrogens is 519 g/mol. The predicted molar refractivity (Wildman–Crippen MR) is 135 cm³/mol. The summed E-state index contributed by atoms with van der Waals surface area (Å²) < 4.78 is 5.43. The van der Waals surface area contributed by atoms with Crippen LogP contribution in [0.1, 0.15) is 34.6 Å². The number of nitrogens with one attached hydrogen (secondary N) is 2. The van der Waals surface area contributed by atoms with Gasteiger partial charge in [0.25, 0.3) is 0 Å². The highest BCUT2D eigenvalue weighted by atomic mass is 32.1. The Labute approximate surface area is 221 Å². The van der Waals surface area contributed by atoms with Crippen molar-refractivity contribution in [2.45, 2.75) is 31.6 Å². The molecule has 1 saturated heterocycles. The van der Waals surface area contributed by atoms with Crippen LogP contribution in [0.15, 0.2) is 23.6 Å². The number of para-hydroxylation sites is 1. The number of nitrogens with zero attached hydrogens (tertiary/aromatic N) is 3. The third kappa shape index (κ3) is 5.72. The number of piperazine rings is 1. The fraction of sp³-hybridized carbons (Fsp3) is 0.409. The molecule has 0 bridgehead atoms. The van der Waals surface area contributed by atoms with E-state index < -0.39 is 49.0 Å². The number of aromatic carboxylic acids is 1. The van der Waals surface area contributed by atoms with Crippen molar-refractivity contribution in [3.8, 4) is 5.75 Å². The number of aliphatic hydroxyl groups is 1. The zero-order chi connectivity index (χ0) is 27.6. The molecule has 3 atom stereocenters. The summed E-state index contributed by atoms with van der Waals surface area (Å²) in [6.07, 6.45) is -1.33. The van der Waals surface area contributed by atoms with Crippen LogP contribution in [0.2, 0.25) is 0 Å². The minimum Gasteiger partial charge on any atom is -0.534 e. The summed E-state index contributed by atoms with van der Waals surface area (Å²) in [5.74, 6) is -4.23. The molecule has 1 aromatic carbocycles. The summed E-state index contributed by atoms with van der Waals surface area (Å²) in [6, 6.07) is 3.28. The van der Waals surface area contributed by atoms with Crippen LogP contribution in [0.3, 0.4) is 0 Å². The summed E-state index contributed by atoms with van der Waals surface area (Å²) in [7, 11) is -1.54. The number of rotatable bonds is 9. The van der Waals surface area contributed by atoms with Gasteiger partial charge in [-0.15, -0.1) is 11.3 Å². The van der Waals surface area contributed by atoms with Gasteiger partial charge in [-0.05, 0) is 25.0 Å². The second-order valence-corrected chi connectivity index (χ2v) is 9.68. The van der Waals surface area contributed by atoms with E-state index in [9.17, 15) is 34.4 Å². The lowest BCUT2D eigenvalue weighted by Gasteiger charge is -2.35. The van der Waals surface area contributed by atoms with E-state index in [2.05, 4.69) is 15.6 Å². The van der Waals surface area contributed by atoms with Gasteiger partial charge in [0.15, 0.2) is 5.13 Å². The van der Waals surface area contributed by atoms with Crippen molar-refractivity contribution in [2.24, 2.45) is 0 Å². The number of amides is 3. The van der Waals surface area contributed by atoms with Gasteiger partial charge < -0.3 is 40.7 Å². The molecule has 2 aliphatic heterocycles. The minimum atomic E-state index is -1.54. The molecule has 1 aromatic heterocycles. The molecule has 3 amide bonds. The molecule has 4 rings (SSSR count). The highest BCUT2D eigenvalue weighted by Gasteiger charge is 2.40. The number of hydrogen-bond donors (Lipinski definition) is 6. The van der Waals surface area contributed by atoms with Crippen LogP contribution in [0.5, 0.6) is 5.75 Å². The van der Waals surface area contributed by atoms with Gasteiger partial charge in [-0.2, -0.15) is 0 Å². The topological polar surface area (TPSA) is 208 Å². The molecule has 2 aromatic rings. The number of carboxylic acid groups (broad SMARTS) is 1. The molecular formula is C22H27BN6O8S. The fourth-order valence-electron chi connectivity index (χ4n) is 4.36. The molecule has 3 heterocycles. The highest BCUT2D eigenvalue weighted by Crippen LogP contribution is 2.30. The molecule has 0 saturated carbocycles. The summed E-state index contributed by atoms with van der Waals surface area (Å²) >= 11 is 1.08. The summed E-state index contributed by atoms with van der Waals surface area (Å²) in [6.45, 7) is 2.45. The number of aromatic nitrogens is 1. The quantitative estimate of drug-likeness (QED) is 0.118. The standard InChI is InChI=1S/C22H27BN6O8S/c1-2-28-6-7-29(20(33)19(28)32)9-15(30)27-16(13-10-38-22(24)25-13)18(31)26-14-8-11-4-3-5-12(21(34)35)17(11)37-23(14)36/h3-5,10,14-16,27,30,36H,2,6-9H2,1H3,(H2,24,25)(H,26,31)(H,34,35)/t14-,15?,16?/m0/s1. The van der Waals surface area contributed by atoms with Crippen LogP contribution >= 0.6 is 11.3 Å². The lowest BCUT2D eigenvalue weighted by Crippen LogP contribution is -2.58. The first-order valence-electron chi connectivity index (χ1n) is 11.8. The molecule has 0 radical (unpaired) electrons. The second kappa shape index (κ2) is 11.3. The first-order chi connectivity index (χ1) is 18.1. The summed E-state index contributed by atoms with van der Waals surface area (Å²) in [4.78, 5) is 56.1. The van der Waals surface area contributed by atoms with E-state index in [1.54, 1.807) is 13.0 Å². The lowest BCUT2D eigenvalue weighted by atomic mass is 9.72. The van der Waals surface area contributed by atoms with E-state index in [4.69, 9.17) is 10.4 Å². The smallest absolute Gasteiger partial charge is 0.534 e. The second-order valence-electron chi connectivity index (χ2n) is 8.79. The number of carbonyl (C=O) groups is 4. The van der Waals surface area contributed by atoms with Crippen molar-refractivity contribution in [1.82, 2.24) is 25.4 Å². The van der Waals surface area contributed by atoms with Crippen molar-refractivity contribution in [3.63, 3.8) is 0 Å². The number of anilines is 1. The number of aliphatic hydroxyl groups excluding tert-OH is 1. The molecule has 1 fully saturated rings. The van der Waals surface area contributed by atoms with Crippen molar-refractivity contribution < 1.29 is 39.1 Å². The van der Waals surface area contributed by atoms with E-state index in [0.717, 1.165) is 11.3 Å². The van der Waals surface area contributed by atoms with E-state index in [1.165, 1.54) is 27.3 Å². The van der Waals surface area contributed by atoms with E-state index in [1.807, 2.05) is 0 Å². The van der Waals surface area contributed by atoms with Crippen molar-refractivity contribution in [3.05, 3.63) is 40.4 Å². The number of fused-ring (bicyclic) bond motifs is 1. The third-order valence-electron chi connectivity index (χ3n) is 6.31. The maximum Gasteiger partial charge on any atom is 0.547 e. The molecule has 16 heteroatoms. The Morgan fingerprint density at radius 3 is 2.66 bits per heavy atom. The number of hydrogen-bond acceptors (Lipinski definition) is 11. The average Bonchev–Trinajstić information content (AvgIpc) is 3.31. The van der Waals surface area contributed by atoms with Crippen LogP contribution in [0.4, 0.5) is 5.13 Å². The summed E-state index contributed by atoms with van der Waals surface area (Å²) in [5, 5.41) is 37.6. The van der Waals surface area contributed by atoms with Gasteiger partial charge in [0.2, 0.25) is 5.91 Å². The fourth-order valence-corrected chi connectivity index (χ4v) is 4.94.